The minimum absolute atomic E-state index is 0.557. The van der Waals surface area contributed by atoms with Gasteiger partial charge in [0.1, 0.15) is 11.9 Å². The topological polar surface area (TPSA) is 64.1 Å². The van der Waals surface area contributed by atoms with E-state index >= 15 is 0 Å². The van der Waals surface area contributed by atoms with Crippen molar-refractivity contribution in [1.29, 1.82) is 0 Å². The molecule has 2 rings (SSSR count). The fourth-order valence-electron chi connectivity index (χ4n) is 2.77. The maximum absolute atomic E-state index is 9.93. The van der Waals surface area contributed by atoms with Gasteiger partial charge in [0.25, 0.3) is 0 Å². The van der Waals surface area contributed by atoms with E-state index in [-0.39, 0.29) is 0 Å². The van der Waals surface area contributed by atoms with Gasteiger partial charge < -0.3 is 15.4 Å². The maximum Gasteiger partial charge on any atom is 0.138 e. The average Bonchev–Trinajstić information content (AvgIpc) is 2.80. The summed E-state index contributed by atoms with van der Waals surface area (Å²) >= 11 is 0. The predicted octanol–water partition coefficient (Wildman–Crippen LogP) is 4.03. The highest BCUT2D eigenvalue weighted by Crippen LogP contribution is 2.23. The van der Waals surface area contributed by atoms with Crippen molar-refractivity contribution < 1.29 is 5.11 Å². The first-order valence-corrected chi connectivity index (χ1v) is 8.07. The van der Waals surface area contributed by atoms with Crippen LogP contribution in [0.2, 0.25) is 0 Å². The van der Waals surface area contributed by atoms with Crippen molar-refractivity contribution in [3.05, 3.63) is 24.0 Å². The lowest BCUT2D eigenvalue weighted by Crippen LogP contribution is -2.07. The van der Waals surface area contributed by atoms with Crippen molar-refractivity contribution in [1.82, 2.24) is 9.55 Å². The molecule has 0 amide bonds. The normalized spacial score (nSPS) is 12.9. The number of nitrogens with two attached hydrogens (primary N) is 1. The lowest BCUT2D eigenvalue weighted by Gasteiger charge is -2.11. The van der Waals surface area contributed by atoms with Crippen LogP contribution in [-0.2, 0) is 6.54 Å². The van der Waals surface area contributed by atoms with Crippen LogP contribution in [0.1, 0.15) is 64.3 Å². The molecule has 0 aliphatic heterocycles. The van der Waals surface area contributed by atoms with Gasteiger partial charge in [-0.3, -0.25) is 0 Å². The Morgan fingerprint density at radius 3 is 2.62 bits per heavy atom. The molecule has 4 nitrogen and oxygen atoms in total. The molecule has 1 atom stereocenters. The van der Waals surface area contributed by atoms with E-state index in [2.05, 4.69) is 16.5 Å². The number of unbranched alkanes of at least 4 members (excludes halogenated alkanes) is 5. The van der Waals surface area contributed by atoms with E-state index in [1.807, 2.05) is 18.2 Å². The molecular formula is C17H27N3O. The van der Waals surface area contributed by atoms with Gasteiger partial charge in [-0.25, -0.2) is 4.98 Å². The Morgan fingerprint density at radius 1 is 1.19 bits per heavy atom. The van der Waals surface area contributed by atoms with Gasteiger partial charge in [0.05, 0.1) is 11.0 Å². The van der Waals surface area contributed by atoms with Crippen LogP contribution >= 0.6 is 0 Å². The monoisotopic (exact) mass is 289 g/mol. The van der Waals surface area contributed by atoms with E-state index in [9.17, 15) is 5.11 Å². The van der Waals surface area contributed by atoms with Gasteiger partial charge in [0.2, 0.25) is 0 Å². The SMILES string of the molecule is CCCCCCCCn1c(C(C)O)nc2cc(N)ccc21. The number of benzene rings is 1. The van der Waals surface area contributed by atoms with Crippen molar-refractivity contribution in [2.24, 2.45) is 0 Å². The highest BCUT2D eigenvalue weighted by Gasteiger charge is 2.14. The molecule has 21 heavy (non-hydrogen) atoms. The molecule has 0 aliphatic rings. The van der Waals surface area contributed by atoms with Crippen LogP contribution in [0.3, 0.4) is 0 Å². The summed E-state index contributed by atoms with van der Waals surface area (Å²) in [5.41, 5.74) is 8.46. The van der Waals surface area contributed by atoms with Crippen molar-refractivity contribution in [2.75, 3.05) is 5.73 Å². The Bertz CT molecular complexity index is 575. The molecule has 0 bridgehead atoms. The van der Waals surface area contributed by atoms with Crippen LogP contribution in [0.4, 0.5) is 5.69 Å². The molecule has 1 aromatic heterocycles. The molecule has 0 fully saturated rings. The number of imidazole rings is 1. The van der Waals surface area contributed by atoms with E-state index in [1.165, 1.54) is 32.1 Å². The van der Waals surface area contributed by atoms with E-state index in [1.54, 1.807) is 6.92 Å². The minimum Gasteiger partial charge on any atom is -0.399 e. The Morgan fingerprint density at radius 2 is 1.90 bits per heavy atom. The second kappa shape index (κ2) is 7.46. The Balaban J connectivity index is 2.08. The fraction of sp³-hybridized carbons (Fsp3) is 0.588. The average molecular weight is 289 g/mol. The number of hydrogen-bond donors (Lipinski definition) is 2. The van der Waals surface area contributed by atoms with Gasteiger partial charge >= 0.3 is 0 Å². The van der Waals surface area contributed by atoms with Gasteiger partial charge in [-0.05, 0) is 31.5 Å². The van der Waals surface area contributed by atoms with Crippen LogP contribution in [0.5, 0.6) is 0 Å². The van der Waals surface area contributed by atoms with Crippen LogP contribution in [0.25, 0.3) is 11.0 Å². The lowest BCUT2D eigenvalue weighted by atomic mass is 10.1. The second-order valence-electron chi connectivity index (χ2n) is 5.81. The molecule has 3 N–H and O–H groups in total. The molecule has 0 saturated carbocycles. The molecule has 1 aromatic carbocycles. The zero-order valence-corrected chi connectivity index (χ0v) is 13.2. The third kappa shape index (κ3) is 3.97. The zero-order valence-electron chi connectivity index (χ0n) is 13.2. The van der Waals surface area contributed by atoms with Crippen molar-refractivity contribution in [3.8, 4) is 0 Å². The van der Waals surface area contributed by atoms with Crippen molar-refractivity contribution in [3.63, 3.8) is 0 Å². The molecule has 2 aromatic rings. The maximum atomic E-state index is 9.93. The van der Waals surface area contributed by atoms with Crippen LogP contribution in [0.15, 0.2) is 18.2 Å². The standard InChI is InChI=1S/C17H27N3O/c1-3-4-5-6-7-8-11-20-16-10-9-14(18)12-15(16)19-17(20)13(2)21/h9-10,12-13,21H,3-8,11,18H2,1-2H3. The number of nitrogen functional groups attached to an aromatic ring is 1. The minimum atomic E-state index is -0.557. The van der Waals surface area contributed by atoms with Crippen LogP contribution in [-0.4, -0.2) is 14.7 Å². The van der Waals surface area contributed by atoms with Crippen LogP contribution in [0, 0.1) is 0 Å². The molecule has 0 radical (unpaired) electrons. The number of anilines is 1. The number of hydrogen-bond acceptors (Lipinski definition) is 3. The Hall–Kier alpha value is -1.55. The molecule has 4 heteroatoms. The number of aliphatic hydroxyl groups is 1. The molecule has 0 saturated heterocycles. The summed E-state index contributed by atoms with van der Waals surface area (Å²) in [6, 6.07) is 5.77. The fourth-order valence-corrected chi connectivity index (χ4v) is 2.77. The number of nitrogens with zero attached hydrogens (tertiary/aromatic N) is 2. The Labute approximate surface area is 127 Å². The number of aromatic nitrogens is 2. The zero-order chi connectivity index (χ0) is 15.2. The summed E-state index contributed by atoms with van der Waals surface area (Å²) in [4.78, 5) is 4.53. The first-order valence-electron chi connectivity index (χ1n) is 8.07. The van der Waals surface area contributed by atoms with Crippen LogP contribution < -0.4 is 5.73 Å². The quantitative estimate of drug-likeness (QED) is 0.569. The molecule has 0 spiro atoms. The summed E-state index contributed by atoms with van der Waals surface area (Å²) in [6.45, 7) is 4.91. The summed E-state index contributed by atoms with van der Waals surface area (Å²) < 4.78 is 2.14. The second-order valence-corrected chi connectivity index (χ2v) is 5.81. The van der Waals surface area contributed by atoms with E-state index in [0.29, 0.717) is 5.69 Å². The first-order chi connectivity index (χ1) is 10.1. The first kappa shape index (κ1) is 15.8. The largest absolute Gasteiger partial charge is 0.399 e. The Kier molecular flexibility index (Phi) is 5.62. The number of aliphatic hydroxyl groups excluding tert-OH is 1. The molecule has 0 aliphatic carbocycles. The highest BCUT2D eigenvalue weighted by atomic mass is 16.3. The van der Waals surface area contributed by atoms with E-state index < -0.39 is 6.10 Å². The number of aryl methyl sites for hydroxylation is 1. The summed E-state index contributed by atoms with van der Waals surface area (Å²) in [7, 11) is 0. The van der Waals surface area contributed by atoms with E-state index in [0.717, 1.165) is 29.8 Å². The highest BCUT2D eigenvalue weighted by molar-refractivity contribution is 5.79. The van der Waals surface area contributed by atoms with Gasteiger partial charge in [0.15, 0.2) is 0 Å². The van der Waals surface area contributed by atoms with Crippen molar-refractivity contribution in [2.45, 2.75) is 65.0 Å². The van der Waals surface area contributed by atoms with Gasteiger partial charge in [-0.15, -0.1) is 0 Å². The molecule has 116 valence electrons. The van der Waals surface area contributed by atoms with Gasteiger partial charge in [-0.1, -0.05) is 39.0 Å². The third-order valence-electron chi connectivity index (χ3n) is 3.91. The van der Waals surface area contributed by atoms with Crippen molar-refractivity contribution >= 4 is 16.7 Å². The lowest BCUT2D eigenvalue weighted by molar-refractivity contribution is 0.184. The third-order valence-corrected chi connectivity index (χ3v) is 3.91. The molecular weight excluding hydrogens is 262 g/mol. The molecule has 1 heterocycles. The summed E-state index contributed by atoms with van der Waals surface area (Å²) in [5, 5.41) is 9.93. The molecule has 1 unspecified atom stereocenters. The summed E-state index contributed by atoms with van der Waals surface area (Å²) in [6.07, 6.45) is 7.01. The predicted molar refractivity (Wildman–Crippen MR) is 88.2 cm³/mol. The summed E-state index contributed by atoms with van der Waals surface area (Å²) in [5.74, 6) is 0.740. The smallest absolute Gasteiger partial charge is 0.138 e. The number of rotatable bonds is 8. The number of fused-ring (bicyclic) bond motifs is 1. The van der Waals surface area contributed by atoms with E-state index in [4.69, 9.17) is 5.73 Å². The van der Waals surface area contributed by atoms with Gasteiger partial charge in [-0.2, -0.15) is 0 Å². The van der Waals surface area contributed by atoms with Gasteiger partial charge in [0, 0.05) is 12.2 Å².